The molecule has 0 radical (unpaired) electrons. The van der Waals surface area contributed by atoms with E-state index in [2.05, 4.69) is 29.5 Å². The van der Waals surface area contributed by atoms with E-state index in [1.807, 2.05) is 10.9 Å². The molecule has 1 aromatic heterocycles. The number of hydrogen-bond acceptors (Lipinski definition) is 3. The number of nitrogens with zero attached hydrogens (tertiary/aromatic N) is 3. The zero-order valence-electron chi connectivity index (χ0n) is 11.2. The summed E-state index contributed by atoms with van der Waals surface area (Å²) in [6.07, 6.45) is 11.7. The molecule has 1 heterocycles. The van der Waals surface area contributed by atoms with Crippen LogP contribution < -0.4 is 5.32 Å². The minimum atomic E-state index is 0.611. The molecule has 4 nitrogen and oxygen atoms in total. The second kappa shape index (κ2) is 9.16. The lowest BCUT2D eigenvalue weighted by molar-refractivity contribution is 0.452. The predicted molar refractivity (Wildman–Crippen MR) is 70.9 cm³/mol. The van der Waals surface area contributed by atoms with Crippen molar-refractivity contribution in [1.29, 1.82) is 0 Å². The maximum Gasteiger partial charge on any atom is 0.0692 e. The van der Waals surface area contributed by atoms with E-state index >= 15 is 0 Å². The molecule has 1 rings (SSSR count). The topological polar surface area (TPSA) is 42.7 Å². The molecular weight excluding hydrogens is 212 g/mol. The van der Waals surface area contributed by atoms with Gasteiger partial charge in [0, 0.05) is 18.8 Å². The van der Waals surface area contributed by atoms with Crippen molar-refractivity contribution in [3.63, 3.8) is 0 Å². The highest BCUT2D eigenvalue weighted by Crippen LogP contribution is 2.06. The smallest absolute Gasteiger partial charge is 0.0692 e. The van der Waals surface area contributed by atoms with E-state index in [9.17, 15) is 0 Å². The van der Waals surface area contributed by atoms with Crippen LogP contribution in [0, 0.1) is 0 Å². The highest BCUT2D eigenvalue weighted by molar-refractivity contribution is 4.66. The third-order valence-corrected chi connectivity index (χ3v) is 3.05. The van der Waals surface area contributed by atoms with Gasteiger partial charge in [-0.2, -0.15) is 0 Å². The van der Waals surface area contributed by atoms with Crippen LogP contribution in [0.1, 0.15) is 52.4 Å². The van der Waals surface area contributed by atoms with Crippen molar-refractivity contribution in [2.45, 2.75) is 65.0 Å². The van der Waals surface area contributed by atoms with Crippen molar-refractivity contribution in [1.82, 2.24) is 20.3 Å². The van der Waals surface area contributed by atoms with Crippen LogP contribution in [0.5, 0.6) is 0 Å². The first-order valence-corrected chi connectivity index (χ1v) is 6.90. The average Bonchev–Trinajstić information content (AvgIpc) is 2.82. The molecule has 1 atom stereocenters. The molecule has 4 heteroatoms. The lowest BCUT2D eigenvalue weighted by Gasteiger charge is -2.13. The molecule has 98 valence electrons. The number of hydrogen-bond donors (Lipinski definition) is 1. The summed E-state index contributed by atoms with van der Waals surface area (Å²) in [4.78, 5) is 0. The summed E-state index contributed by atoms with van der Waals surface area (Å²) in [6, 6.07) is 0.611. The quantitative estimate of drug-likeness (QED) is 0.637. The van der Waals surface area contributed by atoms with Gasteiger partial charge in [0.25, 0.3) is 0 Å². The van der Waals surface area contributed by atoms with E-state index in [0.717, 1.165) is 13.1 Å². The minimum Gasteiger partial charge on any atom is -0.312 e. The highest BCUT2D eigenvalue weighted by Gasteiger charge is 2.00. The lowest BCUT2D eigenvalue weighted by Crippen LogP contribution is -2.29. The van der Waals surface area contributed by atoms with Crippen molar-refractivity contribution >= 4 is 0 Å². The first kappa shape index (κ1) is 14.2. The second-order valence-corrected chi connectivity index (χ2v) is 4.72. The highest BCUT2D eigenvalue weighted by atomic mass is 15.4. The van der Waals surface area contributed by atoms with Gasteiger partial charge in [-0.25, -0.2) is 0 Å². The Bertz CT molecular complexity index is 258. The van der Waals surface area contributed by atoms with Gasteiger partial charge in [-0.05, 0) is 13.3 Å². The van der Waals surface area contributed by atoms with E-state index in [4.69, 9.17) is 0 Å². The molecule has 0 spiro atoms. The number of nitrogens with one attached hydrogen (secondary N) is 1. The van der Waals surface area contributed by atoms with Crippen LogP contribution in [0.15, 0.2) is 12.4 Å². The maximum atomic E-state index is 3.94. The van der Waals surface area contributed by atoms with Crippen LogP contribution in [-0.2, 0) is 6.54 Å². The normalized spacial score (nSPS) is 12.8. The molecule has 17 heavy (non-hydrogen) atoms. The standard InChI is InChI=1S/C13H26N4/c1-3-4-5-6-7-8-13(2)14-9-11-17-12-10-15-16-17/h10,12-14H,3-9,11H2,1-2H3. The van der Waals surface area contributed by atoms with E-state index < -0.39 is 0 Å². The van der Waals surface area contributed by atoms with Crippen LogP contribution in [0.3, 0.4) is 0 Å². The van der Waals surface area contributed by atoms with Crippen LogP contribution in [-0.4, -0.2) is 27.6 Å². The van der Waals surface area contributed by atoms with Crippen molar-refractivity contribution in [3.8, 4) is 0 Å². The zero-order chi connectivity index (χ0) is 12.3. The van der Waals surface area contributed by atoms with E-state index in [1.54, 1.807) is 6.20 Å². The summed E-state index contributed by atoms with van der Waals surface area (Å²) in [5.74, 6) is 0. The van der Waals surface area contributed by atoms with Gasteiger partial charge in [0.05, 0.1) is 12.7 Å². The molecule has 0 saturated heterocycles. The SMILES string of the molecule is CCCCCCCC(C)NCCn1ccnn1. The molecule has 0 aromatic carbocycles. The van der Waals surface area contributed by atoms with E-state index in [0.29, 0.717) is 6.04 Å². The largest absolute Gasteiger partial charge is 0.312 e. The van der Waals surface area contributed by atoms with Crippen molar-refractivity contribution in [3.05, 3.63) is 12.4 Å². The Kier molecular flexibility index (Phi) is 7.63. The average molecular weight is 238 g/mol. The van der Waals surface area contributed by atoms with E-state index in [1.165, 1.54) is 38.5 Å². The summed E-state index contributed by atoms with van der Waals surface area (Å²) in [5, 5.41) is 11.2. The first-order chi connectivity index (χ1) is 8.33. The summed E-state index contributed by atoms with van der Waals surface area (Å²) in [5.41, 5.74) is 0. The van der Waals surface area contributed by atoms with Crippen LogP contribution >= 0.6 is 0 Å². The summed E-state index contributed by atoms with van der Waals surface area (Å²) < 4.78 is 1.86. The first-order valence-electron chi connectivity index (χ1n) is 6.90. The molecule has 0 aliphatic carbocycles. The third-order valence-electron chi connectivity index (χ3n) is 3.05. The molecule has 1 unspecified atom stereocenters. The Morgan fingerprint density at radius 1 is 1.24 bits per heavy atom. The molecule has 0 bridgehead atoms. The molecular formula is C13H26N4. The van der Waals surface area contributed by atoms with E-state index in [-0.39, 0.29) is 0 Å². The molecule has 0 saturated carbocycles. The van der Waals surface area contributed by atoms with Gasteiger partial charge in [0.15, 0.2) is 0 Å². The van der Waals surface area contributed by atoms with Crippen LogP contribution in [0.2, 0.25) is 0 Å². The molecule has 1 aromatic rings. The van der Waals surface area contributed by atoms with Gasteiger partial charge < -0.3 is 5.32 Å². The summed E-state index contributed by atoms with van der Waals surface area (Å²) in [7, 11) is 0. The van der Waals surface area contributed by atoms with Crippen molar-refractivity contribution in [2.24, 2.45) is 0 Å². The molecule has 1 N–H and O–H groups in total. The van der Waals surface area contributed by atoms with Crippen molar-refractivity contribution < 1.29 is 0 Å². The minimum absolute atomic E-state index is 0.611. The second-order valence-electron chi connectivity index (χ2n) is 4.72. The Balaban J connectivity index is 1.92. The van der Waals surface area contributed by atoms with Gasteiger partial charge in [-0.3, -0.25) is 4.68 Å². The predicted octanol–water partition coefficient (Wildman–Crippen LogP) is 2.62. The Morgan fingerprint density at radius 3 is 2.76 bits per heavy atom. The Hall–Kier alpha value is -0.900. The van der Waals surface area contributed by atoms with Gasteiger partial charge >= 0.3 is 0 Å². The Morgan fingerprint density at radius 2 is 2.06 bits per heavy atom. The maximum absolute atomic E-state index is 3.94. The monoisotopic (exact) mass is 238 g/mol. The van der Waals surface area contributed by atoms with Crippen molar-refractivity contribution in [2.75, 3.05) is 6.54 Å². The lowest BCUT2D eigenvalue weighted by atomic mass is 10.1. The van der Waals surface area contributed by atoms with Gasteiger partial charge in [-0.1, -0.05) is 44.2 Å². The Labute approximate surface area is 105 Å². The third kappa shape index (κ3) is 7.10. The number of rotatable bonds is 10. The zero-order valence-corrected chi connectivity index (χ0v) is 11.2. The molecule has 0 fully saturated rings. The van der Waals surface area contributed by atoms with Gasteiger partial charge in [0.2, 0.25) is 0 Å². The number of unbranched alkanes of at least 4 members (excludes halogenated alkanes) is 4. The molecule has 0 aliphatic heterocycles. The van der Waals surface area contributed by atoms with Crippen LogP contribution in [0.25, 0.3) is 0 Å². The summed E-state index contributed by atoms with van der Waals surface area (Å²) in [6.45, 7) is 6.40. The fraction of sp³-hybridized carbons (Fsp3) is 0.846. The van der Waals surface area contributed by atoms with Gasteiger partial charge in [0.1, 0.15) is 0 Å². The fourth-order valence-corrected chi connectivity index (χ4v) is 1.93. The molecule has 0 amide bonds. The van der Waals surface area contributed by atoms with Gasteiger partial charge in [-0.15, -0.1) is 5.10 Å². The molecule has 0 aliphatic rings. The number of aromatic nitrogens is 3. The fourth-order valence-electron chi connectivity index (χ4n) is 1.93. The summed E-state index contributed by atoms with van der Waals surface area (Å²) >= 11 is 0. The van der Waals surface area contributed by atoms with Crippen LogP contribution in [0.4, 0.5) is 0 Å².